The molecule has 2 aliphatic heterocycles. The maximum atomic E-state index is 13.4. The van der Waals surface area contributed by atoms with Gasteiger partial charge in [-0.05, 0) is 50.5 Å². The number of nitrogens with zero attached hydrogens (tertiary/aromatic N) is 4. The molecule has 0 N–H and O–H groups in total. The lowest BCUT2D eigenvalue weighted by atomic mass is 9.95. The maximum Gasteiger partial charge on any atom is 0.273 e. The summed E-state index contributed by atoms with van der Waals surface area (Å²) >= 11 is 0. The number of likely N-dealkylation sites (tertiary alicyclic amines) is 1. The number of carbonyl (C=O) groups is 2. The van der Waals surface area contributed by atoms with Gasteiger partial charge in [0.1, 0.15) is 5.75 Å². The molecule has 2 saturated heterocycles. The summed E-state index contributed by atoms with van der Waals surface area (Å²) in [7, 11) is 1.38. The van der Waals surface area contributed by atoms with Crippen LogP contribution in [0.3, 0.4) is 0 Å². The Morgan fingerprint density at radius 2 is 1.86 bits per heavy atom. The number of amides is 2. The second-order valence-corrected chi connectivity index (χ2v) is 9.40. The number of piperazine rings is 1. The fraction of sp³-hybridized carbons (Fsp3) is 0.462. The third kappa shape index (κ3) is 5.23. The number of aryl methyl sites for hydroxylation is 1. The number of benzene rings is 2. The highest BCUT2D eigenvalue weighted by Crippen LogP contribution is 2.29. The molecule has 0 radical (unpaired) electrons. The van der Waals surface area contributed by atoms with Gasteiger partial charge in [0.15, 0.2) is 0 Å². The van der Waals surface area contributed by atoms with Gasteiger partial charge in [-0.2, -0.15) is 0 Å². The molecule has 4 rings (SSSR count). The molecule has 0 saturated carbocycles. The van der Waals surface area contributed by atoms with E-state index >= 15 is 0 Å². The Balaban J connectivity index is 1.41. The summed E-state index contributed by atoms with van der Waals surface area (Å²) in [6, 6.07) is 12.6. The Bertz CT molecular complexity index is 1120. The van der Waals surface area contributed by atoms with Crippen molar-refractivity contribution in [3.8, 4) is 5.75 Å². The van der Waals surface area contributed by atoms with Crippen molar-refractivity contribution < 1.29 is 19.2 Å². The minimum Gasteiger partial charge on any atom is -0.496 e. The minimum absolute atomic E-state index is 0.0916. The molecule has 0 aromatic heterocycles. The first-order valence-electron chi connectivity index (χ1n) is 12.0. The summed E-state index contributed by atoms with van der Waals surface area (Å²) in [5, 5.41) is 11.1. The molecule has 0 spiro atoms. The van der Waals surface area contributed by atoms with Gasteiger partial charge in [0, 0.05) is 50.5 Å². The van der Waals surface area contributed by atoms with Crippen LogP contribution in [0.4, 0.5) is 11.4 Å². The van der Waals surface area contributed by atoms with Crippen molar-refractivity contribution >= 4 is 23.2 Å². The van der Waals surface area contributed by atoms with Crippen LogP contribution in [0.15, 0.2) is 42.5 Å². The molecule has 2 heterocycles. The minimum atomic E-state index is -0.522. The fourth-order valence-electron chi connectivity index (χ4n) is 5.11. The van der Waals surface area contributed by atoms with Crippen LogP contribution in [0.5, 0.6) is 5.75 Å². The Labute approximate surface area is 205 Å². The molecule has 2 unspecified atom stereocenters. The monoisotopic (exact) mass is 480 g/mol. The zero-order valence-electron chi connectivity index (χ0n) is 20.5. The number of nitro benzene ring substituents is 1. The number of piperidine rings is 1. The topological polar surface area (TPSA) is 96.2 Å². The second kappa shape index (κ2) is 10.3. The van der Waals surface area contributed by atoms with Crippen LogP contribution in [0.1, 0.15) is 35.7 Å². The summed E-state index contributed by atoms with van der Waals surface area (Å²) < 4.78 is 5.25. The molecule has 2 fully saturated rings. The van der Waals surface area contributed by atoms with Crippen LogP contribution >= 0.6 is 0 Å². The lowest BCUT2D eigenvalue weighted by molar-refractivity contribution is -0.384. The normalized spacial score (nSPS) is 20.5. The third-order valence-electron chi connectivity index (χ3n) is 6.96. The van der Waals surface area contributed by atoms with Crippen LogP contribution in [-0.2, 0) is 4.79 Å². The molecule has 2 amide bonds. The van der Waals surface area contributed by atoms with Crippen molar-refractivity contribution in [3.05, 3.63) is 63.7 Å². The van der Waals surface area contributed by atoms with Gasteiger partial charge in [-0.25, -0.2) is 0 Å². The van der Waals surface area contributed by atoms with Crippen LogP contribution < -0.4 is 9.64 Å². The summed E-state index contributed by atoms with van der Waals surface area (Å²) in [5.41, 5.74) is 2.52. The summed E-state index contributed by atoms with van der Waals surface area (Å²) in [6.07, 6.45) is 1.47. The predicted octanol–water partition coefficient (Wildman–Crippen LogP) is 3.50. The smallest absolute Gasteiger partial charge is 0.273 e. The molecule has 0 bridgehead atoms. The standard InChI is InChI=1S/C26H32N4O5/c1-18-6-4-8-21(14-18)29-13-12-28(16-19(29)2)25(31)20-7-5-11-27(17-20)26(32)23-10-9-22(30(33)34)15-24(23)35-3/h4,6,8-10,14-15,19-20H,5,7,11-13,16-17H2,1-3H3. The van der Waals surface area contributed by atoms with Gasteiger partial charge in [-0.1, -0.05) is 12.1 Å². The van der Waals surface area contributed by atoms with E-state index in [4.69, 9.17) is 4.74 Å². The van der Waals surface area contributed by atoms with Crippen molar-refractivity contribution in [3.63, 3.8) is 0 Å². The van der Waals surface area contributed by atoms with Crippen LogP contribution in [0.2, 0.25) is 0 Å². The largest absolute Gasteiger partial charge is 0.496 e. The van der Waals surface area contributed by atoms with Crippen molar-refractivity contribution in [2.75, 3.05) is 44.7 Å². The zero-order chi connectivity index (χ0) is 25.1. The molecular weight excluding hydrogens is 448 g/mol. The van der Waals surface area contributed by atoms with E-state index in [1.165, 1.54) is 36.6 Å². The number of methoxy groups -OCH3 is 1. The summed E-state index contributed by atoms with van der Waals surface area (Å²) in [4.78, 5) is 43.1. The van der Waals surface area contributed by atoms with Gasteiger partial charge in [0.25, 0.3) is 11.6 Å². The number of ether oxygens (including phenoxy) is 1. The molecule has 9 nitrogen and oxygen atoms in total. The maximum absolute atomic E-state index is 13.4. The van der Waals surface area contributed by atoms with Gasteiger partial charge < -0.3 is 19.4 Å². The van der Waals surface area contributed by atoms with Crippen molar-refractivity contribution in [1.29, 1.82) is 0 Å². The van der Waals surface area contributed by atoms with Crippen LogP contribution in [0.25, 0.3) is 0 Å². The SMILES string of the molecule is COc1cc([N+](=O)[O-])ccc1C(=O)N1CCCC(C(=O)N2CCN(c3cccc(C)c3)C(C)C2)C1. The molecule has 2 aromatic rings. The number of nitro groups is 1. The number of carbonyl (C=O) groups excluding carboxylic acids is 2. The van der Waals surface area contributed by atoms with E-state index in [-0.39, 0.29) is 40.8 Å². The first-order valence-corrected chi connectivity index (χ1v) is 12.0. The van der Waals surface area contributed by atoms with E-state index in [0.29, 0.717) is 26.2 Å². The summed E-state index contributed by atoms with van der Waals surface area (Å²) in [5.74, 6) is -0.269. The van der Waals surface area contributed by atoms with Crippen LogP contribution in [-0.4, -0.2) is 72.4 Å². The number of non-ortho nitro benzene ring substituents is 1. The van der Waals surface area contributed by atoms with E-state index < -0.39 is 4.92 Å². The van der Waals surface area contributed by atoms with Gasteiger partial charge in [0.2, 0.25) is 5.91 Å². The Kier molecular flexibility index (Phi) is 7.23. The Morgan fingerprint density at radius 3 is 2.54 bits per heavy atom. The van der Waals surface area contributed by atoms with E-state index in [9.17, 15) is 19.7 Å². The molecule has 2 aliphatic rings. The average Bonchev–Trinajstić information content (AvgIpc) is 2.87. The third-order valence-corrected chi connectivity index (χ3v) is 6.96. The zero-order valence-corrected chi connectivity index (χ0v) is 20.5. The molecule has 0 aliphatic carbocycles. The number of hydrogen-bond donors (Lipinski definition) is 0. The van der Waals surface area contributed by atoms with E-state index in [1.54, 1.807) is 4.90 Å². The highest BCUT2D eigenvalue weighted by atomic mass is 16.6. The fourth-order valence-corrected chi connectivity index (χ4v) is 5.11. The van der Waals surface area contributed by atoms with Crippen molar-refractivity contribution in [1.82, 2.24) is 9.80 Å². The molecule has 35 heavy (non-hydrogen) atoms. The Morgan fingerprint density at radius 1 is 1.06 bits per heavy atom. The van der Waals surface area contributed by atoms with Gasteiger partial charge >= 0.3 is 0 Å². The lowest BCUT2D eigenvalue weighted by Crippen LogP contribution is -2.56. The highest BCUT2D eigenvalue weighted by Gasteiger charge is 2.35. The van der Waals surface area contributed by atoms with Crippen molar-refractivity contribution in [2.45, 2.75) is 32.7 Å². The predicted molar refractivity (Wildman–Crippen MR) is 133 cm³/mol. The Hall–Kier alpha value is -3.62. The van der Waals surface area contributed by atoms with E-state index in [1.807, 2.05) is 4.90 Å². The summed E-state index contributed by atoms with van der Waals surface area (Å²) in [6.45, 7) is 7.16. The van der Waals surface area contributed by atoms with Crippen LogP contribution in [0, 0.1) is 23.0 Å². The molecule has 186 valence electrons. The number of rotatable bonds is 5. The first kappa shape index (κ1) is 24.5. The molecule has 9 heteroatoms. The van der Waals surface area contributed by atoms with Gasteiger partial charge in [-0.3, -0.25) is 19.7 Å². The quantitative estimate of drug-likeness (QED) is 0.480. The molecule has 2 aromatic carbocycles. The highest BCUT2D eigenvalue weighted by molar-refractivity contribution is 5.97. The van der Waals surface area contributed by atoms with E-state index in [2.05, 4.69) is 43.0 Å². The molecule has 2 atom stereocenters. The average molecular weight is 481 g/mol. The van der Waals surface area contributed by atoms with E-state index in [0.717, 1.165) is 19.4 Å². The lowest BCUT2D eigenvalue weighted by Gasteiger charge is -2.43. The molecular formula is C26H32N4O5. The van der Waals surface area contributed by atoms with Gasteiger partial charge in [0.05, 0.1) is 29.6 Å². The first-order chi connectivity index (χ1) is 16.8. The second-order valence-electron chi connectivity index (χ2n) is 9.40. The number of hydrogen-bond acceptors (Lipinski definition) is 6. The van der Waals surface area contributed by atoms with Gasteiger partial charge in [-0.15, -0.1) is 0 Å². The van der Waals surface area contributed by atoms with Crippen molar-refractivity contribution in [2.24, 2.45) is 5.92 Å². The number of anilines is 1.